The van der Waals surface area contributed by atoms with Gasteiger partial charge in [-0.25, -0.2) is 9.82 Å². The Morgan fingerprint density at radius 1 is 0.833 bits per heavy atom. The zero-order valence-corrected chi connectivity index (χ0v) is 16.8. The van der Waals surface area contributed by atoms with Crippen LogP contribution in [0.4, 0.5) is 0 Å². The van der Waals surface area contributed by atoms with Gasteiger partial charge in [-0.1, -0.05) is 72.8 Å². The minimum atomic E-state index is -3.75. The normalized spacial score (nSPS) is 11.6. The number of benzene rings is 3. The average Bonchev–Trinajstić information content (AvgIpc) is 2.75. The van der Waals surface area contributed by atoms with Crippen molar-refractivity contribution in [2.24, 2.45) is 5.14 Å². The second kappa shape index (κ2) is 8.19. The van der Waals surface area contributed by atoms with Gasteiger partial charge >= 0.3 is 0 Å². The number of hydrogen-bond donors (Lipinski definition) is 2. The summed E-state index contributed by atoms with van der Waals surface area (Å²) in [6, 6.07) is 24.4. The number of nitrogens with two attached hydrogens (primary N) is 1. The molecule has 30 heavy (non-hydrogen) atoms. The number of hydrogen-bond acceptors (Lipinski definition) is 4. The zero-order chi connectivity index (χ0) is 21.1. The van der Waals surface area contributed by atoms with Gasteiger partial charge in [0.05, 0.1) is 17.6 Å². The Morgan fingerprint density at radius 2 is 1.47 bits per heavy atom. The van der Waals surface area contributed by atoms with Crippen LogP contribution in [0.5, 0.6) is 0 Å². The molecular weight excluding hydrogens is 400 g/mol. The van der Waals surface area contributed by atoms with Gasteiger partial charge in [-0.15, -0.1) is 0 Å². The fourth-order valence-corrected chi connectivity index (χ4v) is 3.64. The lowest BCUT2D eigenvalue weighted by atomic mass is 10.0. The van der Waals surface area contributed by atoms with E-state index in [0.29, 0.717) is 17.6 Å². The van der Waals surface area contributed by atoms with E-state index in [1.54, 1.807) is 18.2 Å². The minimum Gasteiger partial charge on any atom is -0.267 e. The van der Waals surface area contributed by atoms with Gasteiger partial charge in [-0.05, 0) is 17.2 Å². The molecule has 0 aliphatic rings. The van der Waals surface area contributed by atoms with E-state index < -0.39 is 10.2 Å². The third-order valence-corrected chi connectivity index (χ3v) is 5.29. The average molecular weight is 420 g/mol. The second-order valence-electron chi connectivity index (χ2n) is 6.91. The lowest BCUT2D eigenvalue weighted by molar-refractivity contribution is 0.583. The predicted octanol–water partition coefficient (Wildman–Crippen LogP) is 2.40. The Kier molecular flexibility index (Phi) is 5.45. The Morgan fingerprint density at radius 3 is 2.13 bits per heavy atom. The van der Waals surface area contributed by atoms with Gasteiger partial charge in [-0.2, -0.15) is 18.2 Å². The molecule has 4 rings (SSSR count). The maximum Gasteiger partial charge on any atom is 0.274 e. The van der Waals surface area contributed by atoms with Crippen molar-refractivity contribution < 1.29 is 8.42 Å². The topological polar surface area (TPSA) is 107 Å². The number of aromatic nitrogens is 2. The molecule has 0 bridgehead atoms. The molecule has 4 aromatic rings. The third-order valence-electron chi connectivity index (χ3n) is 4.75. The molecule has 0 aliphatic heterocycles. The van der Waals surface area contributed by atoms with Crippen molar-refractivity contribution in [2.75, 3.05) is 0 Å². The number of rotatable bonds is 6. The second-order valence-corrected chi connectivity index (χ2v) is 8.28. The molecular formula is C22H20N4O3S. The first-order valence-corrected chi connectivity index (χ1v) is 10.9. The van der Waals surface area contributed by atoms with Crippen LogP contribution in [0.2, 0.25) is 0 Å². The molecule has 0 spiro atoms. The van der Waals surface area contributed by atoms with Crippen molar-refractivity contribution in [3.63, 3.8) is 0 Å². The van der Waals surface area contributed by atoms with Crippen molar-refractivity contribution in [3.8, 4) is 11.3 Å². The molecule has 0 amide bonds. The molecule has 0 saturated heterocycles. The number of nitrogens with zero attached hydrogens (tertiary/aromatic N) is 2. The molecule has 0 unspecified atom stereocenters. The zero-order valence-electron chi connectivity index (χ0n) is 16.0. The smallest absolute Gasteiger partial charge is 0.267 e. The molecule has 0 atom stereocenters. The summed E-state index contributed by atoms with van der Waals surface area (Å²) in [5, 5.41) is 11.0. The van der Waals surface area contributed by atoms with Crippen molar-refractivity contribution in [2.45, 2.75) is 13.1 Å². The van der Waals surface area contributed by atoms with Gasteiger partial charge in [-0.3, -0.25) is 4.79 Å². The van der Waals surface area contributed by atoms with Crippen LogP contribution in [-0.4, -0.2) is 18.2 Å². The Labute approximate surface area is 174 Å². The van der Waals surface area contributed by atoms with Crippen LogP contribution in [0.15, 0.2) is 83.7 Å². The maximum absolute atomic E-state index is 13.0. The highest BCUT2D eigenvalue weighted by atomic mass is 32.2. The van der Waals surface area contributed by atoms with Gasteiger partial charge < -0.3 is 0 Å². The first-order valence-electron chi connectivity index (χ1n) is 9.31. The molecule has 3 aromatic carbocycles. The summed E-state index contributed by atoms with van der Waals surface area (Å²) >= 11 is 0. The molecule has 7 nitrogen and oxygen atoms in total. The van der Waals surface area contributed by atoms with E-state index >= 15 is 0 Å². The lowest BCUT2D eigenvalue weighted by Gasteiger charge is -2.12. The Balaban J connectivity index is 1.76. The first kappa shape index (κ1) is 20.0. The standard InChI is InChI=1S/C22H20N4O3S/c23-30(28,29)24-14-16-10-12-18(13-11-16)21-19-8-4-5-9-20(19)22(27)26(25-21)15-17-6-2-1-3-7-17/h1-13,24H,14-15H2,(H2,23,28,29). The molecule has 1 heterocycles. The molecule has 0 saturated carbocycles. The fraction of sp³-hybridized carbons (Fsp3) is 0.0909. The maximum atomic E-state index is 13.0. The predicted molar refractivity (Wildman–Crippen MR) is 117 cm³/mol. The van der Waals surface area contributed by atoms with Gasteiger partial charge in [0.2, 0.25) is 0 Å². The molecule has 8 heteroatoms. The number of nitrogens with one attached hydrogen (secondary N) is 1. The van der Waals surface area contributed by atoms with Crippen LogP contribution >= 0.6 is 0 Å². The summed E-state index contributed by atoms with van der Waals surface area (Å²) in [6.45, 7) is 0.467. The van der Waals surface area contributed by atoms with E-state index in [1.807, 2.05) is 60.7 Å². The van der Waals surface area contributed by atoms with Crippen LogP contribution < -0.4 is 15.4 Å². The first-order chi connectivity index (χ1) is 14.4. The summed E-state index contributed by atoms with van der Waals surface area (Å²) in [5.41, 5.74) is 3.11. The highest BCUT2D eigenvalue weighted by Crippen LogP contribution is 2.25. The van der Waals surface area contributed by atoms with Gasteiger partial charge in [0, 0.05) is 17.5 Å². The highest BCUT2D eigenvalue weighted by Gasteiger charge is 2.12. The van der Waals surface area contributed by atoms with Crippen LogP contribution in [0.3, 0.4) is 0 Å². The van der Waals surface area contributed by atoms with E-state index in [9.17, 15) is 13.2 Å². The van der Waals surface area contributed by atoms with Crippen LogP contribution in [-0.2, 0) is 23.3 Å². The molecule has 1 aromatic heterocycles. The van der Waals surface area contributed by atoms with Crippen molar-refractivity contribution in [3.05, 3.63) is 100 Å². The molecule has 3 N–H and O–H groups in total. The van der Waals surface area contributed by atoms with Crippen LogP contribution in [0, 0.1) is 0 Å². The summed E-state index contributed by atoms with van der Waals surface area (Å²) in [5.74, 6) is 0. The Bertz CT molecular complexity index is 1350. The summed E-state index contributed by atoms with van der Waals surface area (Å²) in [4.78, 5) is 13.0. The molecule has 0 radical (unpaired) electrons. The molecule has 0 aliphatic carbocycles. The Hall–Kier alpha value is -3.33. The van der Waals surface area contributed by atoms with Crippen LogP contribution in [0.1, 0.15) is 11.1 Å². The highest BCUT2D eigenvalue weighted by molar-refractivity contribution is 7.87. The lowest BCUT2D eigenvalue weighted by Crippen LogP contribution is -2.30. The minimum absolute atomic E-state index is 0.0980. The quantitative estimate of drug-likeness (QED) is 0.499. The monoisotopic (exact) mass is 420 g/mol. The van der Waals surface area contributed by atoms with Crippen molar-refractivity contribution >= 4 is 21.0 Å². The van der Waals surface area contributed by atoms with E-state index in [1.165, 1.54) is 4.68 Å². The summed E-state index contributed by atoms with van der Waals surface area (Å²) in [6.07, 6.45) is 0. The van der Waals surface area contributed by atoms with Gasteiger partial charge in [0.25, 0.3) is 15.8 Å². The number of fused-ring (bicyclic) bond motifs is 1. The van der Waals surface area contributed by atoms with E-state index in [0.717, 1.165) is 22.1 Å². The van der Waals surface area contributed by atoms with E-state index in [2.05, 4.69) is 9.82 Å². The fourth-order valence-electron chi connectivity index (χ4n) is 3.28. The summed E-state index contributed by atoms with van der Waals surface area (Å²) < 4.78 is 25.9. The van der Waals surface area contributed by atoms with Crippen molar-refractivity contribution in [1.82, 2.24) is 14.5 Å². The van der Waals surface area contributed by atoms with Gasteiger partial charge in [0.1, 0.15) is 0 Å². The molecule has 0 fully saturated rings. The van der Waals surface area contributed by atoms with E-state index in [-0.39, 0.29) is 12.1 Å². The SMILES string of the molecule is NS(=O)(=O)NCc1ccc(-c2nn(Cc3ccccc3)c(=O)c3ccccc23)cc1. The van der Waals surface area contributed by atoms with Gasteiger partial charge in [0.15, 0.2) is 0 Å². The largest absolute Gasteiger partial charge is 0.274 e. The van der Waals surface area contributed by atoms with E-state index in [4.69, 9.17) is 5.14 Å². The molecule has 152 valence electrons. The third kappa shape index (κ3) is 4.46. The summed E-state index contributed by atoms with van der Waals surface area (Å²) in [7, 11) is -3.75. The van der Waals surface area contributed by atoms with Crippen molar-refractivity contribution in [1.29, 1.82) is 0 Å². The van der Waals surface area contributed by atoms with Crippen LogP contribution in [0.25, 0.3) is 22.0 Å².